The molecule has 152 valence electrons. The number of aromatic amines is 1. The minimum absolute atomic E-state index is 0.0650. The minimum atomic E-state index is -0.103. The molecule has 9 N–H and O–H groups in total. The maximum absolute atomic E-state index is 6.06. The fraction of sp³-hybridized carbons (Fsp3) is 0.250. The van der Waals surface area contributed by atoms with Crippen molar-refractivity contribution in [2.24, 2.45) is 11.0 Å². The van der Waals surface area contributed by atoms with Crippen LogP contribution in [0.3, 0.4) is 0 Å². The largest absolute Gasteiger partial charge is 0.384 e. The van der Waals surface area contributed by atoms with E-state index in [2.05, 4.69) is 35.6 Å². The van der Waals surface area contributed by atoms with Crippen molar-refractivity contribution in [1.29, 1.82) is 0 Å². The summed E-state index contributed by atoms with van der Waals surface area (Å²) in [6.45, 7) is 1.46. The van der Waals surface area contributed by atoms with Gasteiger partial charge in [0.25, 0.3) is 0 Å². The molecule has 0 bridgehead atoms. The Morgan fingerprint density at radius 1 is 1.21 bits per heavy atom. The summed E-state index contributed by atoms with van der Waals surface area (Å²) in [5.41, 5.74) is 8.24. The fourth-order valence-electron chi connectivity index (χ4n) is 3.11. The van der Waals surface area contributed by atoms with Gasteiger partial charge in [0, 0.05) is 40.2 Å². The van der Waals surface area contributed by atoms with Gasteiger partial charge < -0.3 is 11.1 Å². The first kappa shape index (κ1) is 20.0. The topological polar surface area (TPSA) is 179 Å². The Kier molecular flexibility index (Phi) is 6.25. The highest BCUT2D eigenvalue weighted by atomic mass is 32.2. The Bertz CT molecular complexity index is 953. The zero-order valence-electron chi connectivity index (χ0n) is 15.2. The summed E-state index contributed by atoms with van der Waals surface area (Å²) in [5.74, 6) is 6.27. The molecule has 2 aromatic heterocycles. The highest BCUT2D eigenvalue weighted by Gasteiger charge is 2.28. The van der Waals surface area contributed by atoms with Crippen molar-refractivity contribution in [3.05, 3.63) is 30.5 Å². The number of benzene rings is 1. The molecule has 29 heavy (non-hydrogen) atoms. The highest BCUT2D eigenvalue weighted by molar-refractivity contribution is 8.00. The van der Waals surface area contributed by atoms with Gasteiger partial charge in [-0.05, 0) is 52.9 Å². The van der Waals surface area contributed by atoms with E-state index in [-0.39, 0.29) is 12.1 Å². The molecule has 2 atom stereocenters. The van der Waals surface area contributed by atoms with E-state index in [0.717, 1.165) is 45.0 Å². The van der Waals surface area contributed by atoms with Gasteiger partial charge in [-0.25, -0.2) is 10.9 Å². The zero-order valence-corrected chi connectivity index (χ0v) is 16.8. The Labute approximate surface area is 175 Å². The van der Waals surface area contributed by atoms with Gasteiger partial charge >= 0.3 is 0 Å². The second-order valence-corrected chi connectivity index (χ2v) is 7.82. The summed E-state index contributed by atoms with van der Waals surface area (Å²) in [5, 5.41) is 23.8. The number of nitrogens with zero attached hydrogens (tertiary/aromatic N) is 4. The van der Waals surface area contributed by atoms with E-state index < -0.39 is 0 Å². The quantitative estimate of drug-likeness (QED) is 0.222. The molecule has 1 fully saturated rings. The summed E-state index contributed by atoms with van der Waals surface area (Å²) in [6.07, 6.45) is 1.60. The lowest BCUT2D eigenvalue weighted by Crippen LogP contribution is -2.38. The van der Waals surface area contributed by atoms with E-state index >= 15 is 0 Å². The molecular weight excluding hydrogens is 412 g/mol. The van der Waals surface area contributed by atoms with Crippen LogP contribution in [0.5, 0.6) is 0 Å². The number of nitrogen functional groups attached to an aromatic ring is 1. The Balaban J connectivity index is 1.72. The molecule has 2 unspecified atom stereocenters. The SMILES string of the molecule is NOC1CNCC1NSc1ccc(-c2ccc(N)nc2)c(-c2nn[nH]n2)c1SN. The number of rotatable bonds is 7. The Morgan fingerprint density at radius 2 is 2.10 bits per heavy atom. The molecule has 0 saturated carbocycles. The van der Waals surface area contributed by atoms with Crippen molar-refractivity contribution >= 4 is 29.7 Å². The van der Waals surface area contributed by atoms with Crippen molar-refractivity contribution in [3.8, 4) is 22.5 Å². The van der Waals surface area contributed by atoms with Crippen molar-refractivity contribution in [1.82, 2.24) is 35.6 Å². The predicted octanol–water partition coefficient (Wildman–Crippen LogP) is 0.304. The number of aromatic nitrogens is 5. The van der Waals surface area contributed by atoms with Crippen LogP contribution in [-0.2, 0) is 4.84 Å². The first-order chi connectivity index (χ1) is 14.2. The molecule has 13 heteroatoms. The number of hydrogen-bond acceptors (Lipinski definition) is 12. The first-order valence-electron chi connectivity index (χ1n) is 8.69. The van der Waals surface area contributed by atoms with Crippen LogP contribution in [0.2, 0.25) is 0 Å². The van der Waals surface area contributed by atoms with E-state index in [4.69, 9.17) is 21.6 Å². The monoisotopic (exact) mass is 432 g/mol. The molecule has 1 aromatic carbocycles. The predicted molar refractivity (Wildman–Crippen MR) is 112 cm³/mol. The lowest BCUT2D eigenvalue weighted by Gasteiger charge is -2.19. The van der Waals surface area contributed by atoms with Gasteiger partial charge in [0.1, 0.15) is 11.9 Å². The molecule has 3 aromatic rings. The second kappa shape index (κ2) is 9.04. The van der Waals surface area contributed by atoms with Crippen LogP contribution in [0.15, 0.2) is 40.3 Å². The van der Waals surface area contributed by atoms with Gasteiger partial charge in [-0.3, -0.25) is 14.7 Å². The summed E-state index contributed by atoms with van der Waals surface area (Å²) >= 11 is 2.58. The fourth-order valence-corrected chi connectivity index (χ4v) is 4.73. The molecular formula is C16H20N10OS2. The van der Waals surface area contributed by atoms with E-state index in [1.807, 2.05) is 18.2 Å². The molecule has 1 saturated heterocycles. The molecule has 0 spiro atoms. The van der Waals surface area contributed by atoms with Crippen molar-refractivity contribution < 1.29 is 4.84 Å². The normalized spacial score (nSPS) is 19.0. The zero-order chi connectivity index (χ0) is 20.2. The third-order valence-electron chi connectivity index (χ3n) is 4.56. The van der Waals surface area contributed by atoms with Crippen LogP contribution in [-0.4, -0.2) is 50.8 Å². The lowest BCUT2D eigenvalue weighted by atomic mass is 10.0. The maximum atomic E-state index is 6.06. The molecule has 4 rings (SSSR count). The average molecular weight is 433 g/mol. The van der Waals surface area contributed by atoms with Crippen LogP contribution in [0.25, 0.3) is 22.5 Å². The molecule has 1 aliphatic heterocycles. The number of hydrogen-bond donors (Lipinski definition) is 6. The van der Waals surface area contributed by atoms with Crippen molar-refractivity contribution in [2.75, 3.05) is 18.8 Å². The molecule has 0 radical (unpaired) electrons. The van der Waals surface area contributed by atoms with Gasteiger partial charge in [-0.2, -0.15) is 5.21 Å². The number of nitrogens with one attached hydrogen (secondary N) is 3. The summed E-state index contributed by atoms with van der Waals surface area (Å²) in [4.78, 5) is 10.9. The Morgan fingerprint density at radius 3 is 2.79 bits per heavy atom. The number of nitrogens with two attached hydrogens (primary N) is 3. The van der Waals surface area contributed by atoms with Crippen LogP contribution >= 0.6 is 23.9 Å². The average Bonchev–Trinajstić information content (AvgIpc) is 3.44. The molecule has 11 nitrogen and oxygen atoms in total. The number of pyridine rings is 1. The third-order valence-corrected chi connectivity index (χ3v) is 6.33. The van der Waals surface area contributed by atoms with Gasteiger partial charge in [0.05, 0.1) is 6.04 Å². The van der Waals surface area contributed by atoms with Crippen molar-refractivity contribution in [2.45, 2.75) is 21.9 Å². The molecule has 1 aliphatic rings. The van der Waals surface area contributed by atoms with Crippen LogP contribution < -0.4 is 26.8 Å². The maximum Gasteiger partial charge on any atom is 0.206 e. The van der Waals surface area contributed by atoms with Gasteiger partial charge in [-0.15, -0.1) is 10.2 Å². The van der Waals surface area contributed by atoms with E-state index in [9.17, 15) is 0 Å². The second-order valence-electron chi connectivity index (χ2n) is 6.30. The van der Waals surface area contributed by atoms with Gasteiger partial charge in [0.2, 0.25) is 5.82 Å². The Hall–Kier alpha value is -2.26. The van der Waals surface area contributed by atoms with E-state index in [1.165, 1.54) is 11.9 Å². The van der Waals surface area contributed by atoms with Gasteiger partial charge in [0.15, 0.2) is 0 Å². The standard InChI is InChI=1S/C16H20N10OS2/c17-13-4-1-8(5-21-13)9-2-3-12(29-24-10-6-20-7-11(10)27-18)15(28-19)14(9)16-22-25-26-23-16/h1-5,10-11,20,24H,6-7,18-19H2,(H2,17,21)(H,22,23,25,26). The minimum Gasteiger partial charge on any atom is -0.384 e. The number of anilines is 1. The van der Waals surface area contributed by atoms with E-state index in [0.29, 0.717) is 18.2 Å². The lowest BCUT2D eigenvalue weighted by molar-refractivity contribution is 0.0548. The smallest absolute Gasteiger partial charge is 0.206 e. The van der Waals surface area contributed by atoms with Crippen LogP contribution in [0.1, 0.15) is 0 Å². The summed E-state index contributed by atoms with van der Waals surface area (Å²) in [7, 11) is 0. The van der Waals surface area contributed by atoms with Crippen molar-refractivity contribution in [3.63, 3.8) is 0 Å². The molecule has 0 amide bonds. The number of H-pyrrole nitrogens is 1. The van der Waals surface area contributed by atoms with E-state index in [1.54, 1.807) is 12.3 Å². The summed E-state index contributed by atoms with van der Waals surface area (Å²) in [6, 6.07) is 7.67. The third kappa shape index (κ3) is 4.20. The van der Waals surface area contributed by atoms with Gasteiger partial charge in [-0.1, -0.05) is 6.07 Å². The molecule has 3 heterocycles. The first-order valence-corrected chi connectivity index (χ1v) is 10.4. The van der Waals surface area contributed by atoms with Crippen LogP contribution in [0.4, 0.5) is 5.82 Å². The highest BCUT2D eigenvalue weighted by Crippen LogP contribution is 2.41. The molecule has 0 aliphatic carbocycles. The number of tetrazole rings is 1. The van der Waals surface area contributed by atoms with Crippen LogP contribution in [0, 0.1) is 0 Å². The summed E-state index contributed by atoms with van der Waals surface area (Å²) < 4.78 is 3.40.